The van der Waals surface area contributed by atoms with E-state index in [-0.39, 0.29) is 11.6 Å². The average Bonchev–Trinajstić information content (AvgIpc) is 3.45. The standard InChI is InChI=1S/C33H29N3O4S/c1-40-27-15-11-23(12-16-27)21-29(35-32(38)25-8-3-2-4-9-25)33(39)34-26-13-17-28(18-14-26)41-22-31(37)36-20-19-24-7-5-6-10-30(24)36/h2-18,21H,19-20,22H2,1H3,(H,34,39)(H,35,38)/b29-21-. The fourth-order valence-corrected chi connectivity index (χ4v) is 5.24. The van der Waals surface area contributed by atoms with Crippen molar-refractivity contribution in [1.29, 1.82) is 0 Å². The summed E-state index contributed by atoms with van der Waals surface area (Å²) in [5.74, 6) is 0.220. The Morgan fingerprint density at radius 2 is 1.59 bits per heavy atom. The number of para-hydroxylation sites is 1. The second-order valence-electron chi connectivity index (χ2n) is 9.34. The molecule has 0 radical (unpaired) electrons. The lowest BCUT2D eigenvalue weighted by atomic mass is 10.1. The fourth-order valence-electron chi connectivity index (χ4n) is 4.46. The van der Waals surface area contributed by atoms with Gasteiger partial charge in [-0.25, -0.2) is 0 Å². The van der Waals surface area contributed by atoms with E-state index in [0.29, 0.717) is 29.3 Å². The van der Waals surface area contributed by atoms with Crippen molar-refractivity contribution >= 4 is 46.9 Å². The van der Waals surface area contributed by atoms with Crippen LogP contribution in [0, 0.1) is 0 Å². The molecule has 0 saturated carbocycles. The summed E-state index contributed by atoms with van der Waals surface area (Å²) in [7, 11) is 1.58. The highest BCUT2D eigenvalue weighted by Crippen LogP contribution is 2.29. The molecule has 4 aromatic carbocycles. The van der Waals surface area contributed by atoms with E-state index in [1.807, 2.05) is 41.3 Å². The minimum absolute atomic E-state index is 0.0693. The Bertz CT molecular complexity index is 1570. The number of fused-ring (bicyclic) bond motifs is 1. The Morgan fingerprint density at radius 3 is 2.32 bits per heavy atom. The molecule has 0 fully saturated rings. The maximum Gasteiger partial charge on any atom is 0.272 e. The van der Waals surface area contributed by atoms with Gasteiger partial charge in [0.25, 0.3) is 11.8 Å². The van der Waals surface area contributed by atoms with Crippen molar-refractivity contribution in [3.05, 3.63) is 126 Å². The number of ether oxygens (including phenoxy) is 1. The predicted molar refractivity (Wildman–Crippen MR) is 163 cm³/mol. The van der Waals surface area contributed by atoms with E-state index in [2.05, 4.69) is 16.7 Å². The smallest absolute Gasteiger partial charge is 0.272 e. The quantitative estimate of drug-likeness (QED) is 0.199. The van der Waals surface area contributed by atoms with Gasteiger partial charge in [-0.3, -0.25) is 14.4 Å². The summed E-state index contributed by atoms with van der Waals surface area (Å²) in [6, 6.07) is 31.2. The molecule has 1 aliphatic heterocycles. The van der Waals surface area contributed by atoms with E-state index >= 15 is 0 Å². The first-order valence-corrected chi connectivity index (χ1v) is 14.1. The predicted octanol–water partition coefficient (Wildman–Crippen LogP) is 5.79. The maximum absolute atomic E-state index is 13.3. The largest absolute Gasteiger partial charge is 0.497 e. The lowest BCUT2D eigenvalue weighted by molar-refractivity contribution is -0.116. The molecule has 41 heavy (non-hydrogen) atoms. The third kappa shape index (κ3) is 7.04. The monoisotopic (exact) mass is 563 g/mol. The number of nitrogens with zero attached hydrogens (tertiary/aromatic N) is 1. The van der Waals surface area contributed by atoms with Crippen LogP contribution in [0.2, 0.25) is 0 Å². The summed E-state index contributed by atoms with van der Waals surface area (Å²) in [6.45, 7) is 0.705. The number of carbonyl (C=O) groups is 3. The number of rotatable bonds is 9. The van der Waals surface area contributed by atoms with Crippen LogP contribution in [0.1, 0.15) is 21.5 Å². The number of anilines is 2. The number of methoxy groups -OCH3 is 1. The van der Waals surface area contributed by atoms with Gasteiger partial charge in [-0.15, -0.1) is 11.8 Å². The molecule has 7 nitrogen and oxygen atoms in total. The molecule has 8 heteroatoms. The molecule has 1 heterocycles. The highest BCUT2D eigenvalue weighted by Gasteiger charge is 2.24. The summed E-state index contributed by atoms with van der Waals surface area (Å²) in [4.78, 5) is 41.7. The normalized spacial score (nSPS) is 12.4. The van der Waals surface area contributed by atoms with Crippen LogP contribution in [0.3, 0.4) is 0 Å². The molecule has 1 aliphatic rings. The van der Waals surface area contributed by atoms with Gasteiger partial charge in [0.2, 0.25) is 5.91 Å². The lowest BCUT2D eigenvalue weighted by Crippen LogP contribution is -2.30. The van der Waals surface area contributed by atoms with Crippen molar-refractivity contribution in [1.82, 2.24) is 5.32 Å². The second-order valence-corrected chi connectivity index (χ2v) is 10.4. The van der Waals surface area contributed by atoms with E-state index in [4.69, 9.17) is 4.74 Å². The number of carbonyl (C=O) groups excluding carboxylic acids is 3. The van der Waals surface area contributed by atoms with Crippen molar-refractivity contribution in [2.75, 3.05) is 29.6 Å². The zero-order valence-corrected chi connectivity index (χ0v) is 23.3. The summed E-state index contributed by atoms with van der Waals surface area (Å²) < 4.78 is 5.21. The number of benzene rings is 4. The van der Waals surface area contributed by atoms with Crippen LogP contribution in [0.5, 0.6) is 5.75 Å². The minimum atomic E-state index is -0.464. The van der Waals surface area contributed by atoms with E-state index in [1.165, 1.54) is 17.3 Å². The highest BCUT2D eigenvalue weighted by molar-refractivity contribution is 8.00. The van der Waals surface area contributed by atoms with Crippen molar-refractivity contribution < 1.29 is 19.1 Å². The molecule has 2 N–H and O–H groups in total. The van der Waals surface area contributed by atoms with Gasteiger partial charge >= 0.3 is 0 Å². The summed E-state index contributed by atoms with van der Waals surface area (Å²) >= 11 is 1.45. The Labute approximate surface area is 243 Å². The second kappa shape index (κ2) is 13.0. The van der Waals surface area contributed by atoms with Gasteiger partial charge in [0.15, 0.2) is 0 Å². The van der Waals surface area contributed by atoms with Gasteiger partial charge in [0, 0.05) is 28.4 Å². The molecule has 0 bridgehead atoms. The molecular weight excluding hydrogens is 534 g/mol. The summed E-state index contributed by atoms with van der Waals surface area (Å²) in [5.41, 5.74) is 4.02. The van der Waals surface area contributed by atoms with Gasteiger partial charge in [0.1, 0.15) is 11.4 Å². The van der Waals surface area contributed by atoms with E-state index in [0.717, 1.165) is 22.6 Å². The molecule has 5 rings (SSSR count). The molecule has 0 spiro atoms. The Hall–Kier alpha value is -4.82. The molecule has 0 unspecified atom stereocenters. The molecule has 0 aromatic heterocycles. The fraction of sp³-hybridized carbons (Fsp3) is 0.121. The van der Waals surface area contributed by atoms with Gasteiger partial charge in [-0.05, 0) is 78.2 Å². The SMILES string of the molecule is COc1ccc(/C=C(\NC(=O)c2ccccc2)C(=O)Nc2ccc(SCC(=O)N3CCc4ccccc43)cc2)cc1. The van der Waals surface area contributed by atoms with Gasteiger partial charge < -0.3 is 20.3 Å². The zero-order chi connectivity index (χ0) is 28.6. The lowest BCUT2D eigenvalue weighted by Gasteiger charge is -2.17. The highest BCUT2D eigenvalue weighted by atomic mass is 32.2. The van der Waals surface area contributed by atoms with Crippen LogP contribution >= 0.6 is 11.8 Å². The average molecular weight is 564 g/mol. The van der Waals surface area contributed by atoms with Crippen LogP contribution in [0.15, 0.2) is 114 Å². The first-order chi connectivity index (χ1) is 20.0. The number of nitrogens with one attached hydrogen (secondary N) is 2. The Balaban J connectivity index is 1.24. The van der Waals surface area contributed by atoms with E-state index in [1.54, 1.807) is 73.8 Å². The Morgan fingerprint density at radius 1 is 0.878 bits per heavy atom. The Kier molecular flexibility index (Phi) is 8.81. The van der Waals surface area contributed by atoms with Crippen LogP contribution in [-0.2, 0) is 16.0 Å². The van der Waals surface area contributed by atoms with Gasteiger partial charge in [-0.1, -0.05) is 48.5 Å². The molecule has 0 saturated heterocycles. The molecule has 4 aromatic rings. The molecule has 3 amide bonds. The third-order valence-electron chi connectivity index (χ3n) is 6.62. The van der Waals surface area contributed by atoms with Crippen molar-refractivity contribution in [3.8, 4) is 5.75 Å². The van der Waals surface area contributed by atoms with Crippen molar-refractivity contribution in [3.63, 3.8) is 0 Å². The number of amides is 3. The third-order valence-corrected chi connectivity index (χ3v) is 7.62. The zero-order valence-electron chi connectivity index (χ0n) is 22.5. The summed E-state index contributed by atoms with van der Waals surface area (Å²) in [6.07, 6.45) is 2.49. The van der Waals surface area contributed by atoms with E-state index in [9.17, 15) is 14.4 Å². The molecular formula is C33H29N3O4S. The van der Waals surface area contributed by atoms with Crippen LogP contribution in [-0.4, -0.2) is 37.1 Å². The summed E-state index contributed by atoms with van der Waals surface area (Å²) in [5, 5.41) is 5.60. The van der Waals surface area contributed by atoms with E-state index < -0.39 is 11.8 Å². The number of thioether (sulfide) groups is 1. The topological polar surface area (TPSA) is 87.7 Å². The maximum atomic E-state index is 13.3. The first kappa shape index (κ1) is 27.7. The van der Waals surface area contributed by atoms with Crippen LogP contribution < -0.4 is 20.3 Å². The molecule has 0 atom stereocenters. The molecule has 206 valence electrons. The van der Waals surface area contributed by atoms with Crippen LogP contribution in [0.4, 0.5) is 11.4 Å². The van der Waals surface area contributed by atoms with Gasteiger partial charge in [-0.2, -0.15) is 0 Å². The van der Waals surface area contributed by atoms with Gasteiger partial charge in [0.05, 0.1) is 12.9 Å². The van der Waals surface area contributed by atoms with Crippen molar-refractivity contribution in [2.24, 2.45) is 0 Å². The van der Waals surface area contributed by atoms with Crippen molar-refractivity contribution in [2.45, 2.75) is 11.3 Å². The first-order valence-electron chi connectivity index (χ1n) is 13.1. The number of hydrogen-bond donors (Lipinski definition) is 2. The molecule has 0 aliphatic carbocycles. The minimum Gasteiger partial charge on any atom is -0.497 e. The number of hydrogen-bond acceptors (Lipinski definition) is 5. The van der Waals surface area contributed by atoms with Crippen LogP contribution in [0.25, 0.3) is 6.08 Å².